The van der Waals surface area contributed by atoms with Gasteiger partial charge in [0.25, 0.3) is 0 Å². The molecule has 1 heterocycles. The first-order chi connectivity index (χ1) is 14.0. The lowest BCUT2D eigenvalue weighted by molar-refractivity contribution is -0.147. The van der Waals surface area contributed by atoms with Crippen molar-refractivity contribution in [2.24, 2.45) is 0 Å². The fourth-order valence-electron chi connectivity index (χ4n) is 2.75. The van der Waals surface area contributed by atoms with Gasteiger partial charge >= 0.3 is 5.97 Å². The van der Waals surface area contributed by atoms with E-state index < -0.39 is 16.0 Å². The van der Waals surface area contributed by atoms with Gasteiger partial charge in [-0.2, -0.15) is 4.31 Å². The summed E-state index contributed by atoms with van der Waals surface area (Å²) < 4.78 is 47.6. The maximum Gasteiger partial charge on any atom is 0.344 e. The first-order valence-electron chi connectivity index (χ1n) is 9.08. The molecule has 0 spiro atoms. The zero-order valence-corrected chi connectivity index (χ0v) is 16.9. The zero-order valence-electron chi connectivity index (χ0n) is 16.1. The molecule has 8 nitrogen and oxygen atoms in total. The van der Waals surface area contributed by atoms with Crippen LogP contribution in [0.4, 0.5) is 0 Å². The van der Waals surface area contributed by atoms with E-state index in [-0.39, 0.29) is 18.1 Å². The summed E-state index contributed by atoms with van der Waals surface area (Å²) in [6.45, 7) is 1.11. The van der Waals surface area contributed by atoms with Crippen LogP contribution in [0.3, 0.4) is 0 Å². The van der Waals surface area contributed by atoms with Gasteiger partial charge in [-0.05, 0) is 42.0 Å². The van der Waals surface area contributed by atoms with Gasteiger partial charge in [-0.3, -0.25) is 0 Å². The van der Waals surface area contributed by atoms with Crippen molar-refractivity contribution in [1.82, 2.24) is 4.31 Å². The fourth-order valence-corrected chi connectivity index (χ4v) is 4.23. The van der Waals surface area contributed by atoms with Gasteiger partial charge in [-0.1, -0.05) is 12.1 Å². The van der Waals surface area contributed by atoms with Crippen molar-refractivity contribution in [2.75, 3.05) is 40.0 Å². The summed E-state index contributed by atoms with van der Waals surface area (Å²) in [5.74, 6) is 0.649. The van der Waals surface area contributed by atoms with Crippen molar-refractivity contribution in [2.45, 2.75) is 11.5 Å². The van der Waals surface area contributed by atoms with Crippen LogP contribution in [0.25, 0.3) is 0 Å². The van der Waals surface area contributed by atoms with Crippen LogP contribution in [-0.2, 0) is 30.9 Å². The number of esters is 1. The Hall–Kier alpha value is -2.62. The number of carbonyl (C=O) groups excluding carboxylic acids is 1. The SMILES string of the molecule is COc1ccc(OCC(=O)OCc2cccc(S(=O)(=O)N3CCOCC3)c2)cc1. The molecule has 0 amide bonds. The second-order valence-electron chi connectivity index (χ2n) is 6.29. The number of ether oxygens (including phenoxy) is 4. The van der Waals surface area contributed by atoms with Crippen molar-refractivity contribution in [1.29, 1.82) is 0 Å². The third-order valence-electron chi connectivity index (χ3n) is 4.32. The van der Waals surface area contributed by atoms with Gasteiger partial charge in [-0.25, -0.2) is 13.2 Å². The molecule has 0 aliphatic carbocycles. The fraction of sp³-hybridized carbons (Fsp3) is 0.350. The summed E-state index contributed by atoms with van der Waals surface area (Å²) in [6, 6.07) is 13.2. The van der Waals surface area contributed by atoms with Gasteiger partial charge in [0.15, 0.2) is 6.61 Å². The van der Waals surface area contributed by atoms with Crippen LogP contribution in [0.5, 0.6) is 11.5 Å². The predicted molar refractivity (Wildman–Crippen MR) is 104 cm³/mol. The lowest BCUT2D eigenvalue weighted by atomic mass is 10.2. The predicted octanol–water partition coefficient (Wildman–Crippen LogP) is 1.84. The average molecular weight is 421 g/mol. The molecule has 0 unspecified atom stereocenters. The number of carbonyl (C=O) groups is 1. The highest BCUT2D eigenvalue weighted by molar-refractivity contribution is 7.89. The molecule has 9 heteroatoms. The smallest absolute Gasteiger partial charge is 0.344 e. The van der Waals surface area contributed by atoms with Gasteiger partial charge in [0.1, 0.15) is 18.1 Å². The molecule has 3 rings (SSSR count). The van der Waals surface area contributed by atoms with Crippen molar-refractivity contribution < 1.29 is 32.2 Å². The Morgan fingerprint density at radius 2 is 1.76 bits per heavy atom. The Morgan fingerprint density at radius 3 is 2.45 bits per heavy atom. The van der Waals surface area contributed by atoms with Crippen molar-refractivity contribution in [3.63, 3.8) is 0 Å². The normalized spacial score (nSPS) is 14.9. The Morgan fingerprint density at radius 1 is 1.07 bits per heavy atom. The van der Waals surface area contributed by atoms with Crippen LogP contribution in [0.1, 0.15) is 5.56 Å². The summed E-state index contributed by atoms with van der Waals surface area (Å²) in [4.78, 5) is 12.1. The van der Waals surface area contributed by atoms with Crippen LogP contribution in [0.2, 0.25) is 0 Å². The Kier molecular flexibility index (Phi) is 7.08. The molecule has 2 aromatic rings. The van der Waals surface area contributed by atoms with E-state index in [4.69, 9.17) is 18.9 Å². The summed E-state index contributed by atoms with van der Waals surface area (Å²) in [6.07, 6.45) is 0. The first-order valence-corrected chi connectivity index (χ1v) is 10.5. The number of rotatable bonds is 8. The second-order valence-corrected chi connectivity index (χ2v) is 8.23. The van der Waals surface area contributed by atoms with Gasteiger partial charge in [0.2, 0.25) is 10.0 Å². The Bertz CT molecular complexity index is 922. The quantitative estimate of drug-likeness (QED) is 0.601. The largest absolute Gasteiger partial charge is 0.497 e. The maximum absolute atomic E-state index is 12.7. The number of sulfonamides is 1. The van der Waals surface area contributed by atoms with Crippen LogP contribution < -0.4 is 9.47 Å². The Balaban J connectivity index is 1.53. The van der Waals surface area contributed by atoms with Gasteiger partial charge in [-0.15, -0.1) is 0 Å². The number of morpholine rings is 1. The van der Waals surface area contributed by atoms with E-state index in [1.807, 2.05) is 0 Å². The number of methoxy groups -OCH3 is 1. The van der Waals surface area contributed by atoms with E-state index in [9.17, 15) is 13.2 Å². The number of benzene rings is 2. The molecule has 29 heavy (non-hydrogen) atoms. The van der Waals surface area contributed by atoms with Gasteiger partial charge in [0.05, 0.1) is 25.2 Å². The summed E-state index contributed by atoms with van der Waals surface area (Å²) >= 11 is 0. The molecule has 0 saturated carbocycles. The highest BCUT2D eigenvalue weighted by Gasteiger charge is 2.26. The molecule has 156 valence electrons. The molecule has 1 aliphatic heterocycles. The van der Waals surface area contributed by atoms with Crippen LogP contribution in [0.15, 0.2) is 53.4 Å². The topological polar surface area (TPSA) is 91.4 Å². The lowest BCUT2D eigenvalue weighted by Gasteiger charge is -2.26. The van der Waals surface area contributed by atoms with Gasteiger partial charge in [0, 0.05) is 13.1 Å². The third-order valence-corrected chi connectivity index (χ3v) is 6.22. The molecule has 1 fully saturated rings. The highest BCUT2D eigenvalue weighted by atomic mass is 32.2. The molecular weight excluding hydrogens is 398 g/mol. The molecule has 1 saturated heterocycles. The van der Waals surface area contributed by atoms with E-state index in [0.717, 1.165) is 0 Å². The van der Waals surface area contributed by atoms with Crippen molar-refractivity contribution >= 4 is 16.0 Å². The molecule has 0 aromatic heterocycles. The van der Waals surface area contributed by atoms with E-state index in [1.54, 1.807) is 43.5 Å². The van der Waals surface area contributed by atoms with Crippen molar-refractivity contribution in [3.8, 4) is 11.5 Å². The molecule has 1 aliphatic rings. The lowest BCUT2D eigenvalue weighted by Crippen LogP contribution is -2.40. The number of hydrogen-bond acceptors (Lipinski definition) is 7. The number of hydrogen-bond donors (Lipinski definition) is 0. The minimum atomic E-state index is -3.60. The van der Waals surface area contributed by atoms with Gasteiger partial charge < -0.3 is 18.9 Å². The minimum absolute atomic E-state index is 0.0444. The monoisotopic (exact) mass is 421 g/mol. The molecule has 0 atom stereocenters. The zero-order chi connectivity index (χ0) is 20.7. The van der Waals surface area contributed by atoms with Crippen molar-refractivity contribution in [3.05, 3.63) is 54.1 Å². The maximum atomic E-state index is 12.7. The molecular formula is C20H23NO7S. The average Bonchev–Trinajstić information content (AvgIpc) is 2.77. The summed E-state index contributed by atoms with van der Waals surface area (Å²) in [5.41, 5.74) is 0.581. The first kappa shape index (κ1) is 21.1. The van der Waals surface area contributed by atoms with Crippen LogP contribution in [-0.4, -0.2) is 58.7 Å². The summed E-state index contributed by atoms with van der Waals surface area (Å²) in [5, 5.41) is 0. The molecule has 0 N–H and O–H groups in total. The Labute approximate surface area is 170 Å². The molecule has 0 radical (unpaired) electrons. The number of nitrogens with zero attached hydrogens (tertiary/aromatic N) is 1. The third kappa shape index (κ3) is 5.69. The molecule has 2 aromatic carbocycles. The molecule has 0 bridgehead atoms. The van der Waals surface area contributed by atoms with Crippen LogP contribution in [0, 0.1) is 0 Å². The van der Waals surface area contributed by atoms with E-state index >= 15 is 0 Å². The second kappa shape index (κ2) is 9.73. The summed E-state index contributed by atoms with van der Waals surface area (Å²) in [7, 11) is -2.03. The highest BCUT2D eigenvalue weighted by Crippen LogP contribution is 2.19. The van der Waals surface area contributed by atoms with E-state index in [2.05, 4.69) is 0 Å². The van der Waals surface area contributed by atoms with E-state index in [0.29, 0.717) is 43.4 Å². The standard InChI is InChI=1S/C20H23NO7S/c1-25-17-5-7-18(8-6-17)27-15-20(22)28-14-16-3-2-4-19(13-16)29(23,24)21-9-11-26-12-10-21/h2-8,13H,9-12,14-15H2,1H3. The van der Waals surface area contributed by atoms with Crippen LogP contribution >= 0.6 is 0 Å². The minimum Gasteiger partial charge on any atom is -0.497 e. The van der Waals surface area contributed by atoms with E-state index in [1.165, 1.54) is 16.4 Å².